The lowest BCUT2D eigenvalue weighted by atomic mass is 10.2. The Bertz CT molecular complexity index is 563. The van der Waals surface area contributed by atoms with Crippen LogP contribution in [0.3, 0.4) is 0 Å². The molecule has 0 atom stereocenters. The average Bonchev–Trinajstić information content (AvgIpc) is 2.70. The van der Waals surface area contributed by atoms with Crippen LogP contribution in [0.25, 0.3) is 0 Å². The van der Waals surface area contributed by atoms with Crippen molar-refractivity contribution in [3.63, 3.8) is 0 Å². The van der Waals surface area contributed by atoms with Gasteiger partial charge in [0.25, 0.3) is 5.91 Å². The van der Waals surface area contributed by atoms with Crippen LogP contribution < -0.4 is 5.32 Å². The second-order valence-corrected chi connectivity index (χ2v) is 6.86. The maximum Gasteiger partial charge on any atom is 0.251 e. The first kappa shape index (κ1) is 13.7. The van der Waals surface area contributed by atoms with Gasteiger partial charge in [0, 0.05) is 25.6 Å². The highest BCUT2D eigenvalue weighted by Crippen LogP contribution is 2.20. The molecule has 0 saturated carbocycles. The first-order valence-electron chi connectivity index (χ1n) is 5.20. The van der Waals surface area contributed by atoms with Crippen molar-refractivity contribution in [2.75, 3.05) is 0 Å². The first-order chi connectivity index (χ1) is 8.54. The van der Waals surface area contributed by atoms with Gasteiger partial charge in [-0.15, -0.1) is 11.3 Å². The fourth-order valence-corrected chi connectivity index (χ4v) is 3.45. The van der Waals surface area contributed by atoms with E-state index in [-0.39, 0.29) is 5.91 Å². The minimum atomic E-state index is -0.107. The van der Waals surface area contributed by atoms with Gasteiger partial charge in [-0.3, -0.25) is 4.79 Å². The normalized spacial score (nSPS) is 10.4. The van der Waals surface area contributed by atoms with Gasteiger partial charge in [-0.25, -0.2) is 4.98 Å². The van der Waals surface area contributed by atoms with Gasteiger partial charge in [0.1, 0.15) is 5.01 Å². The van der Waals surface area contributed by atoms with E-state index in [0.29, 0.717) is 12.1 Å². The van der Waals surface area contributed by atoms with Crippen molar-refractivity contribution in [1.82, 2.24) is 10.3 Å². The molecule has 0 unspecified atom stereocenters. The third-order valence-corrected chi connectivity index (χ3v) is 4.02. The molecule has 0 radical (unpaired) electrons. The second kappa shape index (κ2) is 5.95. The summed E-state index contributed by atoms with van der Waals surface area (Å²) in [5.74, 6) is -0.107. The number of thiazole rings is 1. The summed E-state index contributed by atoms with van der Waals surface area (Å²) in [7, 11) is 0. The molecular weight excluding hydrogens is 380 g/mol. The number of amides is 1. The summed E-state index contributed by atoms with van der Waals surface area (Å²) in [5.41, 5.74) is 0.615. The van der Waals surface area contributed by atoms with Crippen molar-refractivity contribution < 1.29 is 4.79 Å². The van der Waals surface area contributed by atoms with E-state index in [1.54, 1.807) is 23.5 Å². The molecule has 6 heteroatoms. The molecule has 1 heterocycles. The number of aryl methyl sites for hydroxylation is 1. The number of halogens is 2. The third-order valence-electron chi connectivity index (χ3n) is 2.19. The number of carbonyl (C=O) groups excluding carboxylic acids is 1. The monoisotopic (exact) mass is 388 g/mol. The molecule has 0 aliphatic heterocycles. The van der Waals surface area contributed by atoms with E-state index >= 15 is 0 Å². The van der Waals surface area contributed by atoms with E-state index in [1.807, 2.05) is 19.2 Å². The molecule has 1 aromatic carbocycles. The van der Waals surface area contributed by atoms with Crippen LogP contribution >= 0.6 is 43.2 Å². The Hall–Kier alpha value is -0.720. The van der Waals surface area contributed by atoms with Gasteiger partial charge in [0.15, 0.2) is 0 Å². The molecule has 0 saturated heterocycles. The van der Waals surface area contributed by atoms with Crippen molar-refractivity contribution >= 4 is 49.1 Å². The SMILES string of the molecule is Cc1cnc(CNC(=O)c2cc(Br)cc(Br)c2)s1. The zero-order valence-corrected chi connectivity index (χ0v) is 13.5. The Morgan fingerprint density at radius 2 is 2.00 bits per heavy atom. The quantitative estimate of drug-likeness (QED) is 0.864. The number of nitrogens with zero attached hydrogens (tertiary/aromatic N) is 1. The van der Waals surface area contributed by atoms with Gasteiger partial charge in [0.2, 0.25) is 0 Å². The van der Waals surface area contributed by atoms with Crippen LogP contribution in [0.15, 0.2) is 33.3 Å². The standard InChI is InChI=1S/C12H10Br2N2OS/c1-7-5-15-11(18-7)6-16-12(17)8-2-9(13)4-10(14)3-8/h2-5H,6H2,1H3,(H,16,17). The van der Waals surface area contributed by atoms with Crippen molar-refractivity contribution in [2.24, 2.45) is 0 Å². The highest BCUT2D eigenvalue weighted by Gasteiger charge is 2.08. The van der Waals surface area contributed by atoms with Crippen molar-refractivity contribution in [3.8, 4) is 0 Å². The third kappa shape index (κ3) is 3.63. The minimum Gasteiger partial charge on any atom is -0.346 e. The Labute approximate surface area is 126 Å². The lowest BCUT2D eigenvalue weighted by Crippen LogP contribution is -2.22. The lowest BCUT2D eigenvalue weighted by molar-refractivity contribution is 0.0950. The van der Waals surface area contributed by atoms with E-state index in [1.165, 1.54) is 0 Å². The van der Waals surface area contributed by atoms with Gasteiger partial charge in [-0.2, -0.15) is 0 Å². The number of hydrogen-bond acceptors (Lipinski definition) is 3. The summed E-state index contributed by atoms with van der Waals surface area (Å²) in [6.45, 7) is 2.45. The molecule has 3 nitrogen and oxygen atoms in total. The van der Waals surface area contributed by atoms with Gasteiger partial charge in [0.05, 0.1) is 6.54 Å². The van der Waals surface area contributed by atoms with Crippen LogP contribution in [0.2, 0.25) is 0 Å². The summed E-state index contributed by atoms with van der Waals surface area (Å²) >= 11 is 8.31. The molecular formula is C12H10Br2N2OS. The highest BCUT2D eigenvalue weighted by molar-refractivity contribution is 9.11. The fraction of sp³-hybridized carbons (Fsp3) is 0.167. The molecule has 0 aliphatic rings. The van der Waals surface area contributed by atoms with Crippen LogP contribution in [0, 0.1) is 6.92 Å². The molecule has 2 aromatic rings. The van der Waals surface area contributed by atoms with Crippen molar-refractivity contribution in [1.29, 1.82) is 0 Å². The number of nitrogens with one attached hydrogen (secondary N) is 1. The van der Waals surface area contributed by atoms with E-state index in [9.17, 15) is 4.79 Å². The first-order valence-corrected chi connectivity index (χ1v) is 7.60. The molecule has 0 bridgehead atoms. The number of aromatic nitrogens is 1. The smallest absolute Gasteiger partial charge is 0.251 e. The maximum absolute atomic E-state index is 12.0. The minimum absolute atomic E-state index is 0.107. The molecule has 0 fully saturated rings. The Balaban J connectivity index is 2.03. The highest BCUT2D eigenvalue weighted by atomic mass is 79.9. The van der Waals surface area contributed by atoms with E-state index in [0.717, 1.165) is 18.8 Å². The Morgan fingerprint density at radius 3 is 2.56 bits per heavy atom. The molecule has 1 amide bonds. The molecule has 0 aliphatic carbocycles. The molecule has 0 spiro atoms. The van der Waals surface area contributed by atoms with Crippen molar-refractivity contribution in [3.05, 3.63) is 48.8 Å². The maximum atomic E-state index is 12.0. The molecule has 2 rings (SSSR count). The number of benzene rings is 1. The second-order valence-electron chi connectivity index (χ2n) is 3.71. The van der Waals surface area contributed by atoms with Crippen LogP contribution in [0.1, 0.15) is 20.2 Å². The van der Waals surface area contributed by atoms with Crippen molar-refractivity contribution in [2.45, 2.75) is 13.5 Å². The van der Waals surface area contributed by atoms with Gasteiger partial charge >= 0.3 is 0 Å². The molecule has 18 heavy (non-hydrogen) atoms. The predicted molar refractivity (Wildman–Crippen MR) is 79.9 cm³/mol. The van der Waals surface area contributed by atoms with E-state index < -0.39 is 0 Å². The molecule has 94 valence electrons. The summed E-state index contributed by atoms with van der Waals surface area (Å²) in [4.78, 5) is 17.3. The van der Waals surface area contributed by atoms with E-state index in [4.69, 9.17) is 0 Å². The molecule has 1 N–H and O–H groups in total. The number of hydrogen-bond donors (Lipinski definition) is 1. The Morgan fingerprint density at radius 1 is 1.33 bits per heavy atom. The largest absolute Gasteiger partial charge is 0.346 e. The lowest BCUT2D eigenvalue weighted by Gasteiger charge is -2.04. The van der Waals surface area contributed by atoms with E-state index in [2.05, 4.69) is 42.2 Å². The topological polar surface area (TPSA) is 42.0 Å². The fourth-order valence-electron chi connectivity index (χ4n) is 1.43. The van der Waals surface area contributed by atoms with Crippen LogP contribution in [0.4, 0.5) is 0 Å². The summed E-state index contributed by atoms with van der Waals surface area (Å²) < 4.78 is 1.74. The number of rotatable bonds is 3. The predicted octanol–water partition coefficient (Wildman–Crippen LogP) is 3.91. The average molecular weight is 390 g/mol. The number of carbonyl (C=O) groups is 1. The summed E-state index contributed by atoms with van der Waals surface area (Å²) in [6.07, 6.45) is 1.81. The Kier molecular flexibility index (Phi) is 4.53. The van der Waals surface area contributed by atoms with Gasteiger partial charge in [-0.05, 0) is 25.1 Å². The van der Waals surface area contributed by atoms with Gasteiger partial charge < -0.3 is 5.32 Å². The zero-order valence-electron chi connectivity index (χ0n) is 9.54. The zero-order chi connectivity index (χ0) is 13.1. The van der Waals surface area contributed by atoms with Gasteiger partial charge in [-0.1, -0.05) is 31.9 Å². The summed E-state index contributed by atoms with van der Waals surface area (Å²) in [6, 6.07) is 5.46. The van der Waals surface area contributed by atoms with Crippen LogP contribution in [-0.4, -0.2) is 10.9 Å². The van der Waals surface area contributed by atoms with Crippen LogP contribution in [-0.2, 0) is 6.54 Å². The summed E-state index contributed by atoms with van der Waals surface area (Å²) in [5, 5.41) is 3.76. The molecule has 1 aromatic heterocycles. The van der Waals surface area contributed by atoms with Crippen LogP contribution in [0.5, 0.6) is 0 Å².